The average molecular weight is 287 g/mol. The molecule has 0 amide bonds. The van der Waals surface area contributed by atoms with Crippen LogP contribution in [-0.2, 0) is 13.0 Å². The van der Waals surface area contributed by atoms with Crippen LogP contribution in [0.15, 0.2) is 42.5 Å². The fourth-order valence-corrected chi connectivity index (χ4v) is 2.03. The Bertz CT molecular complexity index is 544. The lowest BCUT2D eigenvalue weighted by atomic mass is 10.1. The van der Waals surface area contributed by atoms with E-state index >= 15 is 0 Å². The average Bonchev–Trinajstić information content (AvgIpc) is 2.55. The minimum absolute atomic E-state index is 0.464. The van der Waals surface area contributed by atoms with E-state index in [1.807, 2.05) is 42.5 Å². The molecule has 0 unspecified atom stereocenters. The van der Waals surface area contributed by atoms with Crippen molar-refractivity contribution in [1.82, 2.24) is 0 Å². The van der Waals surface area contributed by atoms with E-state index in [0.717, 1.165) is 29.2 Å². The highest BCUT2D eigenvalue weighted by atomic mass is 16.5. The molecule has 2 N–H and O–H groups in total. The zero-order valence-electron chi connectivity index (χ0n) is 12.5. The van der Waals surface area contributed by atoms with E-state index in [1.54, 1.807) is 14.2 Å². The summed E-state index contributed by atoms with van der Waals surface area (Å²) in [5.41, 5.74) is 7.87. The van der Waals surface area contributed by atoms with E-state index in [-0.39, 0.29) is 0 Å². The highest BCUT2D eigenvalue weighted by Gasteiger charge is 2.02. The van der Waals surface area contributed by atoms with Crippen molar-refractivity contribution in [3.63, 3.8) is 0 Å². The third-order valence-corrected chi connectivity index (χ3v) is 3.23. The van der Waals surface area contributed by atoms with Gasteiger partial charge in [-0.15, -0.1) is 0 Å². The first-order valence-corrected chi connectivity index (χ1v) is 6.89. The zero-order chi connectivity index (χ0) is 15.1. The molecule has 0 aromatic heterocycles. The largest absolute Gasteiger partial charge is 0.497 e. The normalized spacial score (nSPS) is 10.2. The van der Waals surface area contributed by atoms with Crippen LogP contribution in [0.3, 0.4) is 0 Å². The summed E-state index contributed by atoms with van der Waals surface area (Å²) in [7, 11) is 3.30. The van der Waals surface area contributed by atoms with E-state index in [1.165, 1.54) is 5.56 Å². The Kier molecular flexibility index (Phi) is 5.46. The van der Waals surface area contributed by atoms with E-state index < -0.39 is 0 Å². The molecule has 2 aromatic carbocycles. The minimum Gasteiger partial charge on any atom is -0.497 e. The van der Waals surface area contributed by atoms with Gasteiger partial charge >= 0.3 is 0 Å². The van der Waals surface area contributed by atoms with Crippen molar-refractivity contribution in [2.75, 3.05) is 20.8 Å². The quantitative estimate of drug-likeness (QED) is 0.851. The third kappa shape index (κ3) is 4.39. The molecule has 0 spiro atoms. The first-order valence-electron chi connectivity index (χ1n) is 6.89. The molecule has 4 nitrogen and oxygen atoms in total. The number of hydrogen-bond acceptors (Lipinski definition) is 4. The van der Waals surface area contributed by atoms with Gasteiger partial charge in [-0.25, -0.2) is 0 Å². The molecule has 0 aliphatic carbocycles. The van der Waals surface area contributed by atoms with Gasteiger partial charge in [0.05, 0.1) is 20.8 Å². The molecule has 21 heavy (non-hydrogen) atoms. The summed E-state index contributed by atoms with van der Waals surface area (Å²) in [4.78, 5) is 0. The maximum atomic E-state index is 5.78. The Morgan fingerprint density at radius 1 is 0.810 bits per heavy atom. The maximum Gasteiger partial charge on any atom is 0.123 e. The number of hydrogen-bond donors (Lipinski definition) is 1. The lowest BCUT2D eigenvalue weighted by Gasteiger charge is -2.10. The summed E-state index contributed by atoms with van der Waals surface area (Å²) in [6.07, 6.45) is 0.833. The maximum absolute atomic E-state index is 5.78. The first-order chi connectivity index (χ1) is 10.2. The van der Waals surface area contributed by atoms with Crippen molar-refractivity contribution in [1.29, 1.82) is 0 Å². The van der Waals surface area contributed by atoms with Gasteiger partial charge in [0.25, 0.3) is 0 Å². The number of benzene rings is 2. The summed E-state index contributed by atoms with van der Waals surface area (Å²) in [6, 6.07) is 13.7. The van der Waals surface area contributed by atoms with Crippen LogP contribution in [0.1, 0.15) is 11.1 Å². The van der Waals surface area contributed by atoms with Crippen molar-refractivity contribution < 1.29 is 14.2 Å². The molecule has 0 bridgehead atoms. The molecule has 4 heteroatoms. The Labute approximate surface area is 125 Å². The Morgan fingerprint density at radius 3 is 2.10 bits per heavy atom. The van der Waals surface area contributed by atoms with Gasteiger partial charge in [0.2, 0.25) is 0 Å². The molecule has 0 heterocycles. The van der Waals surface area contributed by atoms with Gasteiger partial charge in [0.15, 0.2) is 0 Å². The van der Waals surface area contributed by atoms with E-state index in [4.69, 9.17) is 19.9 Å². The number of methoxy groups -OCH3 is 2. The second-order valence-electron chi connectivity index (χ2n) is 4.67. The predicted molar refractivity (Wildman–Crippen MR) is 83.1 cm³/mol. The molecule has 112 valence electrons. The molecule has 2 rings (SSSR count). The summed E-state index contributed by atoms with van der Waals surface area (Å²) in [6.45, 7) is 1.07. The summed E-state index contributed by atoms with van der Waals surface area (Å²) >= 11 is 0. The molecule has 0 aliphatic heterocycles. The van der Waals surface area contributed by atoms with Gasteiger partial charge in [0.1, 0.15) is 17.2 Å². The third-order valence-electron chi connectivity index (χ3n) is 3.23. The second kappa shape index (κ2) is 7.55. The molecule has 0 atom stereocenters. The lowest BCUT2D eigenvalue weighted by Crippen LogP contribution is -2.03. The van der Waals surface area contributed by atoms with Gasteiger partial charge in [-0.2, -0.15) is 0 Å². The van der Waals surface area contributed by atoms with Crippen molar-refractivity contribution in [2.45, 2.75) is 13.0 Å². The molecule has 0 radical (unpaired) electrons. The van der Waals surface area contributed by atoms with Gasteiger partial charge in [-0.1, -0.05) is 12.1 Å². The summed E-state index contributed by atoms with van der Waals surface area (Å²) in [5.74, 6) is 2.40. The van der Waals surface area contributed by atoms with Crippen LogP contribution in [0.25, 0.3) is 0 Å². The Morgan fingerprint density at radius 2 is 1.48 bits per heavy atom. The first kappa shape index (κ1) is 15.2. The lowest BCUT2D eigenvalue weighted by molar-refractivity contribution is 0.318. The SMILES string of the molecule is COc1ccc(CCOc2cc(CN)cc(OC)c2)cc1. The fraction of sp³-hybridized carbons (Fsp3) is 0.294. The predicted octanol–water partition coefficient (Wildman–Crippen LogP) is 2.78. The van der Waals surface area contributed by atoms with Crippen LogP contribution in [-0.4, -0.2) is 20.8 Å². The van der Waals surface area contributed by atoms with Crippen molar-refractivity contribution in [3.8, 4) is 17.2 Å². The Hall–Kier alpha value is -2.20. The second-order valence-corrected chi connectivity index (χ2v) is 4.67. The van der Waals surface area contributed by atoms with E-state index in [9.17, 15) is 0 Å². The zero-order valence-corrected chi connectivity index (χ0v) is 12.5. The van der Waals surface area contributed by atoms with Crippen LogP contribution >= 0.6 is 0 Å². The molecule has 0 saturated carbocycles. The topological polar surface area (TPSA) is 53.7 Å². The molecule has 0 saturated heterocycles. The minimum atomic E-state index is 0.464. The van der Waals surface area contributed by atoms with Crippen molar-refractivity contribution in [3.05, 3.63) is 53.6 Å². The van der Waals surface area contributed by atoms with Gasteiger partial charge < -0.3 is 19.9 Å². The van der Waals surface area contributed by atoms with Crippen molar-refractivity contribution in [2.24, 2.45) is 5.73 Å². The van der Waals surface area contributed by atoms with Crippen LogP contribution < -0.4 is 19.9 Å². The van der Waals surface area contributed by atoms with E-state index in [2.05, 4.69) is 0 Å². The van der Waals surface area contributed by atoms with Crippen LogP contribution in [0.2, 0.25) is 0 Å². The van der Waals surface area contributed by atoms with Gasteiger partial charge in [-0.05, 0) is 35.4 Å². The molecular weight excluding hydrogens is 266 g/mol. The molecule has 2 aromatic rings. The van der Waals surface area contributed by atoms with Gasteiger partial charge in [0, 0.05) is 19.0 Å². The van der Waals surface area contributed by atoms with E-state index in [0.29, 0.717) is 13.2 Å². The van der Waals surface area contributed by atoms with Crippen LogP contribution in [0.4, 0.5) is 0 Å². The molecule has 0 aliphatic rings. The highest BCUT2D eigenvalue weighted by molar-refractivity contribution is 5.38. The summed E-state index contributed by atoms with van der Waals surface area (Å²) in [5, 5.41) is 0. The number of rotatable bonds is 7. The summed E-state index contributed by atoms with van der Waals surface area (Å²) < 4.78 is 16.2. The van der Waals surface area contributed by atoms with Gasteiger partial charge in [-0.3, -0.25) is 0 Å². The van der Waals surface area contributed by atoms with Crippen LogP contribution in [0, 0.1) is 0 Å². The monoisotopic (exact) mass is 287 g/mol. The number of ether oxygens (including phenoxy) is 3. The number of nitrogens with two attached hydrogens (primary N) is 1. The standard InChI is InChI=1S/C17H21NO3/c1-19-15-5-3-13(4-6-15)7-8-21-17-10-14(12-18)9-16(11-17)20-2/h3-6,9-11H,7-8,12,18H2,1-2H3. The fourth-order valence-electron chi connectivity index (χ4n) is 2.03. The van der Waals surface area contributed by atoms with Crippen LogP contribution in [0.5, 0.6) is 17.2 Å². The molecule has 0 fully saturated rings. The highest BCUT2D eigenvalue weighted by Crippen LogP contribution is 2.22. The smallest absolute Gasteiger partial charge is 0.123 e. The Balaban J connectivity index is 1.93. The molecular formula is C17H21NO3. The van der Waals surface area contributed by atoms with Crippen molar-refractivity contribution >= 4 is 0 Å².